The number of carbonyl (C=O) groups excluding carboxylic acids is 1. The summed E-state index contributed by atoms with van der Waals surface area (Å²) < 4.78 is 12.3. The Hall–Kier alpha value is -4.13. The third-order valence-electron chi connectivity index (χ3n) is 6.76. The summed E-state index contributed by atoms with van der Waals surface area (Å²) >= 11 is 0. The van der Waals surface area contributed by atoms with Crippen molar-refractivity contribution in [3.63, 3.8) is 0 Å². The summed E-state index contributed by atoms with van der Waals surface area (Å²) in [6, 6.07) is 24.4. The maximum Gasteiger partial charge on any atom is 0.346 e. The largest absolute Gasteiger partial charge is 0.454 e. The van der Waals surface area contributed by atoms with Crippen LogP contribution < -0.4 is 9.47 Å². The van der Waals surface area contributed by atoms with E-state index in [1.165, 1.54) is 10.2 Å². The molecule has 2 aliphatic heterocycles. The molecule has 3 heterocycles. The summed E-state index contributed by atoms with van der Waals surface area (Å²) in [6.45, 7) is 1.01. The number of hydrogen-bond donors (Lipinski definition) is 0. The van der Waals surface area contributed by atoms with E-state index in [1.54, 1.807) is 6.20 Å². The van der Waals surface area contributed by atoms with Crippen LogP contribution in [0.25, 0.3) is 22.4 Å². The number of benzene rings is 3. The number of amides is 1. The predicted octanol–water partition coefficient (Wildman–Crippen LogP) is 5.41. The van der Waals surface area contributed by atoms with E-state index < -0.39 is 0 Å². The summed E-state index contributed by atoms with van der Waals surface area (Å²) in [4.78, 5) is 15.3. The fourth-order valence-corrected chi connectivity index (χ4v) is 4.88. The first-order chi connectivity index (χ1) is 17.2. The first kappa shape index (κ1) is 21.4. The zero-order valence-corrected chi connectivity index (χ0v) is 19.3. The zero-order chi connectivity index (χ0) is 23.6. The molecule has 6 rings (SSSR count). The average molecular weight is 467 g/mol. The summed E-state index contributed by atoms with van der Waals surface area (Å²) in [6.07, 6.45) is 5.74. The normalized spacial score (nSPS) is 16.9. The van der Waals surface area contributed by atoms with Gasteiger partial charge in [-0.2, -0.15) is 4.68 Å². The van der Waals surface area contributed by atoms with Crippen molar-refractivity contribution in [3.05, 3.63) is 84.6 Å². The first-order valence-corrected chi connectivity index (χ1v) is 12.0. The van der Waals surface area contributed by atoms with Crippen LogP contribution in [0.2, 0.25) is 0 Å². The minimum Gasteiger partial charge on any atom is -0.454 e. The van der Waals surface area contributed by atoms with Crippen LogP contribution in [0.15, 0.2) is 79.0 Å². The highest BCUT2D eigenvalue weighted by Crippen LogP contribution is 2.36. The Bertz CT molecular complexity index is 1330. The SMILES string of the molecule is O=C(N1CCCCC1Cc1ccccc1)n1cc(-c2ccc(-c3ccc4c(c3)OCO4)cc2)nn1. The van der Waals surface area contributed by atoms with Crippen molar-refractivity contribution in [2.45, 2.75) is 31.7 Å². The van der Waals surface area contributed by atoms with Crippen molar-refractivity contribution < 1.29 is 14.3 Å². The number of carbonyl (C=O) groups is 1. The summed E-state index contributed by atoms with van der Waals surface area (Å²) in [5.74, 6) is 1.53. The van der Waals surface area contributed by atoms with Gasteiger partial charge in [-0.05, 0) is 54.5 Å². The molecule has 2 aliphatic rings. The van der Waals surface area contributed by atoms with Gasteiger partial charge in [0.2, 0.25) is 6.79 Å². The molecule has 0 N–H and O–H groups in total. The minimum absolute atomic E-state index is 0.110. The number of fused-ring (bicyclic) bond motifs is 1. The quantitative estimate of drug-likeness (QED) is 0.402. The van der Waals surface area contributed by atoms with E-state index in [2.05, 4.69) is 22.4 Å². The number of rotatable bonds is 4. The van der Waals surface area contributed by atoms with Gasteiger partial charge in [-0.25, -0.2) is 4.79 Å². The molecule has 0 bridgehead atoms. The van der Waals surface area contributed by atoms with Crippen molar-refractivity contribution in [1.29, 1.82) is 0 Å². The molecule has 1 aromatic heterocycles. The van der Waals surface area contributed by atoms with Crippen molar-refractivity contribution in [2.24, 2.45) is 0 Å². The molecule has 35 heavy (non-hydrogen) atoms. The maximum absolute atomic E-state index is 13.3. The number of ether oxygens (including phenoxy) is 2. The van der Waals surface area contributed by atoms with Gasteiger partial charge in [0.25, 0.3) is 0 Å². The van der Waals surface area contributed by atoms with Gasteiger partial charge in [0.15, 0.2) is 11.5 Å². The molecule has 7 nitrogen and oxygen atoms in total. The number of hydrogen-bond acceptors (Lipinski definition) is 5. The smallest absolute Gasteiger partial charge is 0.346 e. The Morgan fingerprint density at radius 3 is 2.51 bits per heavy atom. The van der Waals surface area contributed by atoms with E-state index in [4.69, 9.17) is 9.47 Å². The van der Waals surface area contributed by atoms with Crippen LogP contribution in [0, 0.1) is 0 Å². The lowest BCUT2D eigenvalue weighted by atomic mass is 9.96. The van der Waals surface area contributed by atoms with E-state index in [-0.39, 0.29) is 18.9 Å². The number of aromatic nitrogens is 3. The number of likely N-dealkylation sites (tertiary alicyclic amines) is 1. The van der Waals surface area contributed by atoms with Gasteiger partial charge in [-0.15, -0.1) is 5.10 Å². The van der Waals surface area contributed by atoms with Gasteiger partial charge in [-0.3, -0.25) is 0 Å². The van der Waals surface area contributed by atoms with E-state index in [9.17, 15) is 4.79 Å². The molecule has 1 amide bonds. The third kappa shape index (κ3) is 4.37. The molecule has 0 saturated carbocycles. The van der Waals surface area contributed by atoms with Gasteiger partial charge in [0, 0.05) is 18.2 Å². The molecule has 1 fully saturated rings. The van der Waals surface area contributed by atoms with Crippen molar-refractivity contribution in [1.82, 2.24) is 19.9 Å². The first-order valence-electron chi connectivity index (χ1n) is 12.0. The predicted molar refractivity (Wildman–Crippen MR) is 132 cm³/mol. The van der Waals surface area contributed by atoms with Gasteiger partial charge < -0.3 is 14.4 Å². The Labute approximate surface area is 203 Å². The van der Waals surface area contributed by atoms with Crippen molar-refractivity contribution in [3.8, 4) is 33.9 Å². The van der Waals surface area contributed by atoms with Gasteiger partial charge in [0.1, 0.15) is 5.69 Å². The molecular weight excluding hydrogens is 440 g/mol. The Kier molecular flexibility index (Phi) is 5.66. The topological polar surface area (TPSA) is 69.5 Å². The molecule has 7 heteroatoms. The van der Waals surface area contributed by atoms with Crippen LogP contribution in [0.3, 0.4) is 0 Å². The number of nitrogens with zero attached hydrogens (tertiary/aromatic N) is 4. The molecule has 176 valence electrons. The van der Waals surface area contributed by atoms with Gasteiger partial charge in [-0.1, -0.05) is 65.9 Å². The second-order valence-electron chi connectivity index (χ2n) is 9.01. The second-order valence-corrected chi connectivity index (χ2v) is 9.01. The number of piperidine rings is 1. The molecule has 3 aromatic carbocycles. The highest BCUT2D eigenvalue weighted by molar-refractivity contribution is 5.78. The molecule has 4 aromatic rings. The van der Waals surface area contributed by atoms with Crippen LogP contribution in [-0.4, -0.2) is 45.3 Å². The second kappa shape index (κ2) is 9.25. The molecule has 0 aliphatic carbocycles. The summed E-state index contributed by atoms with van der Waals surface area (Å²) in [5, 5.41) is 8.46. The van der Waals surface area contributed by atoms with Crippen LogP contribution in [0.4, 0.5) is 4.79 Å². The zero-order valence-electron chi connectivity index (χ0n) is 19.3. The van der Waals surface area contributed by atoms with E-state index in [0.717, 1.165) is 60.4 Å². The highest BCUT2D eigenvalue weighted by Gasteiger charge is 2.28. The van der Waals surface area contributed by atoms with Crippen LogP contribution >= 0.6 is 0 Å². The van der Waals surface area contributed by atoms with Gasteiger partial charge in [0.05, 0.1) is 6.20 Å². The summed E-state index contributed by atoms with van der Waals surface area (Å²) in [5.41, 5.74) is 4.95. The fourth-order valence-electron chi connectivity index (χ4n) is 4.88. The molecule has 0 radical (unpaired) electrons. The Balaban J connectivity index is 1.18. The third-order valence-corrected chi connectivity index (χ3v) is 6.76. The summed E-state index contributed by atoms with van der Waals surface area (Å²) in [7, 11) is 0. The average Bonchev–Trinajstić information content (AvgIpc) is 3.59. The molecule has 1 saturated heterocycles. The monoisotopic (exact) mass is 466 g/mol. The van der Waals surface area contributed by atoms with Gasteiger partial charge >= 0.3 is 6.03 Å². The molecule has 0 spiro atoms. The lowest BCUT2D eigenvalue weighted by molar-refractivity contribution is 0.149. The highest BCUT2D eigenvalue weighted by atomic mass is 16.7. The van der Waals surface area contributed by atoms with Crippen molar-refractivity contribution >= 4 is 6.03 Å². The minimum atomic E-state index is -0.110. The van der Waals surface area contributed by atoms with E-state index in [1.807, 2.05) is 65.6 Å². The molecule has 1 unspecified atom stereocenters. The van der Waals surface area contributed by atoms with E-state index in [0.29, 0.717) is 5.69 Å². The van der Waals surface area contributed by atoms with E-state index >= 15 is 0 Å². The van der Waals surface area contributed by atoms with Crippen LogP contribution in [-0.2, 0) is 6.42 Å². The molecule has 1 atom stereocenters. The van der Waals surface area contributed by atoms with Crippen LogP contribution in [0.5, 0.6) is 11.5 Å². The Morgan fingerprint density at radius 2 is 1.66 bits per heavy atom. The Morgan fingerprint density at radius 1 is 0.886 bits per heavy atom. The lowest BCUT2D eigenvalue weighted by Crippen LogP contribution is -2.46. The molecular formula is C28H26N4O3. The van der Waals surface area contributed by atoms with Crippen molar-refractivity contribution in [2.75, 3.05) is 13.3 Å². The standard InChI is InChI=1S/C28H26N4O3/c33-28(31-15-5-4-8-24(31)16-20-6-2-1-3-7-20)32-18-25(29-30-32)22-11-9-21(10-12-22)23-13-14-26-27(17-23)35-19-34-26/h1-3,6-7,9-14,17-18,24H,4-5,8,15-16,19H2. The maximum atomic E-state index is 13.3. The van der Waals surface area contributed by atoms with Crippen LogP contribution in [0.1, 0.15) is 24.8 Å². The lowest BCUT2D eigenvalue weighted by Gasteiger charge is -2.35. The fraction of sp³-hybridized carbons (Fsp3) is 0.250.